The summed E-state index contributed by atoms with van der Waals surface area (Å²) in [6.07, 6.45) is 0.792. The van der Waals surface area contributed by atoms with Crippen molar-refractivity contribution in [2.75, 3.05) is 6.61 Å². The smallest absolute Gasteiger partial charge is 0.309 e. The highest BCUT2D eigenvalue weighted by atomic mass is 16.5. The molecule has 0 unspecified atom stereocenters. The molecule has 0 atom stereocenters. The van der Waals surface area contributed by atoms with Crippen LogP contribution >= 0.6 is 0 Å². The van der Waals surface area contributed by atoms with Gasteiger partial charge in [-0.25, -0.2) is 4.68 Å². The van der Waals surface area contributed by atoms with Gasteiger partial charge in [-0.2, -0.15) is 5.10 Å². The second-order valence-corrected chi connectivity index (χ2v) is 4.81. The van der Waals surface area contributed by atoms with Crippen molar-refractivity contribution in [3.8, 4) is 11.6 Å². The fourth-order valence-electron chi connectivity index (χ4n) is 1.97. The van der Waals surface area contributed by atoms with E-state index in [0.29, 0.717) is 19.0 Å². The van der Waals surface area contributed by atoms with Gasteiger partial charge in [0.15, 0.2) is 0 Å². The van der Waals surface area contributed by atoms with Crippen LogP contribution in [0.2, 0.25) is 0 Å². The van der Waals surface area contributed by atoms with Gasteiger partial charge in [0.2, 0.25) is 5.88 Å². The zero-order chi connectivity index (χ0) is 15.2. The monoisotopic (exact) mass is 288 g/mol. The second kappa shape index (κ2) is 6.92. The third-order valence-electron chi connectivity index (χ3n) is 2.97. The van der Waals surface area contributed by atoms with Crippen LogP contribution in [0.1, 0.15) is 25.1 Å². The van der Waals surface area contributed by atoms with Gasteiger partial charge in [0, 0.05) is 13.0 Å². The van der Waals surface area contributed by atoms with Crippen molar-refractivity contribution in [1.29, 1.82) is 0 Å². The Bertz CT molecular complexity index is 620. The number of hydrogen-bond donors (Lipinski definition) is 0. The molecule has 0 N–H and O–H groups in total. The van der Waals surface area contributed by atoms with Gasteiger partial charge in [-0.15, -0.1) is 0 Å². The first-order valence-corrected chi connectivity index (χ1v) is 7.03. The van der Waals surface area contributed by atoms with Crippen LogP contribution in [0.4, 0.5) is 0 Å². The Labute approximate surface area is 124 Å². The SMILES string of the molecule is CCc1cc(OC(C)=O)n(CCOc2cccc(C)c2)n1. The molecule has 21 heavy (non-hydrogen) atoms. The van der Waals surface area contributed by atoms with E-state index in [4.69, 9.17) is 9.47 Å². The topological polar surface area (TPSA) is 53.4 Å². The van der Waals surface area contributed by atoms with Crippen molar-refractivity contribution >= 4 is 5.97 Å². The second-order valence-electron chi connectivity index (χ2n) is 4.81. The lowest BCUT2D eigenvalue weighted by molar-refractivity contribution is -0.132. The molecule has 0 bridgehead atoms. The molecule has 0 aliphatic heterocycles. The van der Waals surface area contributed by atoms with Crippen molar-refractivity contribution in [1.82, 2.24) is 9.78 Å². The fourth-order valence-corrected chi connectivity index (χ4v) is 1.97. The van der Waals surface area contributed by atoms with Gasteiger partial charge in [0.05, 0.1) is 12.2 Å². The van der Waals surface area contributed by atoms with Crippen molar-refractivity contribution in [2.45, 2.75) is 33.7 Å². The predicted octanol–water partition coefficient (Wildman–Crippen LogP) is 2.76. The molecule has 1 heterocycles. The Morgan fingerprint density at radius 1 is 1.33 bits per heavy atom. The largest absolute Gasteiger partial charge is 0.492 e. The third-order valence-corrected chi connectivity index (χ3v) is 2.97. The molecule has 0 aliphatic carbocycles. The third kappa shape index (κ3) is 4.34. The standard InChI is InChI=1S/C16H20N2O3/c1-4-14-11-16(21-13(3)19)18(17-14)8-9-20-15-7-5-6-12(2)10-15/h5-7,10-11H,4,8-9H2,1-3H3. The van der Waals surface area contributed by atoms with E-state index in [0.717, 1.165) is 23.4 Å². The Hall–Kier alpha value is -2.30. The number of carbonyl (C=O) groups excluding carboxylic acids is 1. The molecule has 0 saturated carbocycles. The number of carbonyl (C=O) groups is 1. The van der Waals surface area contributed by atoms with Gasteiger partial charge in [0.1, 0.15) is 12.4 Å². The van der Waals surface area contributed by atoms with E-state index in [1.165, 1.54) is 6.92 Å². The van der Waals surface area contributed by atoms with E-state index in [1.54, 1.807) is 10.7 Å². The highest BCUT2D eigenvalue weighted by Gasteiger charge is 2.10. The van der Waals surface area contributed by atoms with Gasteiger partial charge >= 0.3 is 5.97 Å². The van der Waals surface area contributed by atoms with Crippen molar-refractivity contribution in [3.63, 3.8) is 0 Å². The Morgan fingerprint density at radius 2 is 2.14 bits per heavy atom. The molecule has 5 heteroatoms. The predicted molar refractivity (Wildman–Crippen MR) is 79.6 cm³/mol. The zero-order valence-electron chi connectivity index (χ0n) is 12.6. The summed E-state index contributed by atoms with van der Waals surface area (Å²) in [5.41, 5.74) is 2.04. The lowest BCUT2D eigenvalue weighted by Crippen LogP contribution is -2.13. The first-order chi connectivity index (χ1) is 10.1. The Morgan fingerprint density at radius 3 is 2.81 bits per heavy atom. The number of benzene rings is 1. The maximum absolute atomic E-state index is 11.1. The van der Waals surface area contributed by atoms with Crippen LogP contribution in [-0.4, -0.2) is 22.4 Å². The summed E-state index contributed by atoms with van der Waals surface area (Å²) >= 11 is 0. The molecule has 0 spiro atoms. The summed E-state index contributed by atoms with van der Waals surface area (Å²) in [5, 5.41) is 4.39. The van der Waals surface area contributed by atoms with Crippen molar-refractivity contribution in [3.05, 3.63) is 41.6 Å². The molecule has 0 fully saturated rings. The van der Waals surface area contributed by atoms with Crippen LogP contribution < -0.4 is 9.47 Å². The van der Waals surface area contributed by atoms with E-state index in [-0.39, 0.29) is 5.97 Å². The minimum Gasteiger partial charge on any atom is -0.492 e. The van der Waals surface area contributed by atoms with Crippen LogP contribution in [0.15, 0.2) is 30.3 Å². The molecule has 2 rings (SSSR count). The number of ether oxygens (including phenoxy) is 2. The van der Waals surface area contributed by atoms with Crippen molar-refractivity contribution < 1.29 is 14.3 Å². The quantitative estimate of drug-likeness (QED) is 0.767. The molecule has 1 aromatic heterocycles. The molecule has 112 valence electrons. The summed E-state index contributed by atoms with van der Waals surface area (Å²) in [6.45, 7) is 6.39. The molecule has 0 amide bonds. The van der Waals surface area contributed by atoms with Gasteiger partial charge < -0.3 is 9.47 Å². The summed E-state index contributed by atoms with van der Waals surface area (Å²) in [7, 11) is 0. The minimum absolute atomic E-state index is 0.349. The van der Waals surface area contributed by atoms with E-state index in [2.05, 4.69) is 5.10 Å². The highest BCUT2D eigenvalue weighted by molar-refractivity contribution is 5.68. The van der Waals surface area contributed by atoms with Crippen molar-refractivity contribution in [2.24, 2.45) is 0 Å². The van der Waals surface area contributed by atoms with Gasteiger partial charge in [-0.05, 0) is 31.0 Å². The molecule has 2 aromatic rings. The molecule has 0 saturated heterocycles. The first kappa shape index (κ1) is 15.1. The molecular formula is C16H20N2O3. The maximum Gasteiger partial charge on any atom is 0.309 e. The Kier molecular flexibility index (Phi) is 4.98. The Balaban J connectivity index is 1.98. The van der Waals surface area contributed by atoms with Crippen LogP contribution in [0.5, 0.6) is 11.6 Å². The molecular weight excluding hydrogens is 268 g/mol. The van der Waals surface area contributed by atoms with Crippen LogP contribution in [0.25, 0.3) is 0 Å². The number of hydrogen-bond acceptors (Lipinski definition) is 4. The van der Waals surface area contributed by atoms with Crippen LogP contribution in [0, 0.1) is 6.92 Å². The molecule has 0 aliphatic rings. The highest BCUT2D eigenvalue weighted by Crippen LogP contribution is 2.16. The average Bonchev–Trinajstić information content (AvgIpc) is 2.80. The molecule has 5 nitrogen and oxygen atoms in total. The summed E-state index contributed by atoms with van der Waals surface area (Å²) in [5.74, 6) is 0.942. The van der Waals surface area contributed by atoms with Gasteiger partial charge in [0.25, 0.3) is 0 Å². The number of aromatic nitrogens is 2. The van der Waals surface area contributed by atoms with Gasteiger partial charge in [-0.1, -0.05) is 19.1 Å². The average molecular weight is 288 g/mol. The van der Waals surface area contributed by atoms with E-state index in [9.17, 15) is 4.79 Å². The maximum atomic E-state index is 11.1. The number of rotatable bonds is 6. The molecule has 1 aromatic carbocycles. The van der Waals surface area contributed by atoms with E-state index >= 15 is 0 Å². The summed E-state index contributed by atoms with van der Waals surface area (Å²) in [4.78, 5) is 11.1. The van der Waals surface area contributed by atoms with Crippen LogP contribution in [0.3, 0.4) is 0 Å². The number of aryl methyl sites for hydroxylation is 2. The lowest BCUT2D eigenvalue weighted by Gasteiger charge is -2.09. The number of esters is 1. The minimum atomic E-state index is -0.349. The lowest BCUT2D eigenvalue weighted by atomic mass is 10.2. The molecule has 0 radical (unpaired) electrons. The fraction of sp³-hybridized carbons (Fsp3) is 0.375. The van der Waals surface area contributed by atoms with E-state index in [1.807, 2.05) is 38.1 Å². The number of nitrogens with zero attached hydrogens (tertiary/aromatic N) is 2. The normalized spacial score (nSPS) is 10.4. The zero-order valence-corrected chi connectivity index (χ0v) is 12.6. The van der Waals surface area contributed by atoms with Gasteiger partial charge in [-0.3, -0.25) is 4.79 Å². The van der Waals surface area contributed by atoms with Crippen LogP contribution in [-0.2, 0) is 17.8 Å². The summed E-state index contributed by atoms with van der Waals surface area (Å²) in [6, 6.07) is 9.66. The first-order valence-electron chi connectivity index (χ1n) is 7.03. The summed E-state index contributed by atoms with van der Waals surface area (Å²) < 4.78 is 12.5. The van der Waals surface area contributed by atoms with E-state index < -0.39 is 0 Å².